The third-order valence-corrected chi connectivity index (χ3v) is 7.66. The zero-order valence-corrected chi connectivity index (χ0v) is 19.7. The normalized spacial score (nSPS) is 21.3. The molecule has 0 radical (unpaired) electrons. The molecule has 2 aliphatic heterocycles. The van der Waals surface area contributed by atoms with Crippen LogP contribution in [0, 0.1) is 13.8 Å². The maximum absolute atomic E-state index is 5.08. The van der Waals surface area contributed by atoms with E-state index in [1.165, 1.54) is 68.2 Å². The number of piperidine rings is 2. The van der Waals surface area contributed by atoms with Gasteiger partial charge in [-0.05, 0) is 79.7 Å². The highest BCUT2D eigenvalue weighted by atomic mass is 32.1. The van der Waals surface area contributed by atoms with Crippen molar-refractivity contribution in [1.82, 2.24) is 25.4 Å². The van der Waals surface area contributed by atoms with Crippen LogP contribution in [0.25, 0.3) is 0 Å². The summed E-state index contributed by atoms with van der Waals surface area (Å²) >= 11 is 1.81. The number of thiazole rings is 1. The second kappa shape index (κ2) is 10.7. The van der Waals surface area contributed by atoms with Gasteiger partial charge < -0.3 is 15.5 Å². The Balaban J connectivity index is 1.62. The van der Waals surface area contributed by atoms with Crippen LogP contribution in [0.1, 0.15) is 54.6 Å². The van der Waals surface area contributed by atoms with E-state index in [1.54, 1.807) is 0 Å². The van der Waals surface area contributed by atoms with E-state index in [0.717, 1.165) is 37.7 Å². The summed E-state index contributed by atoms with van der Waals surface area (Å²) in [7, 11) is 2.25. The number of hydrogen-bond acceptors (Lipinski definition) is 5. The lowest BCUT2D eigenvalue weighted by Gasteiger charge is -2.49. The van der Waals surface area contributed by atoms with Gasteiger partial charge in [-0.25, -0.2) is 4.98 Å². The summed E-state index contributed by atoms with van der Waals surface area (Å²) in [4.78, 5) is 16.3. The van der Waals surface area contributed by atoms with Gasteiger partial charge in [-0.15, -0.1) is 11.3 Å². The van der Waals surface area contributed by atoms with Gasteiger partial charge in [-0.3, -0.25) is 9.89 Å². The van der Waals surface area contributed by atoms with E-state index in [-0.39, 0.29) is 5.54 Å². The van der Waals surface area contributed by atoms with Gasteiger partial charge in [0, 0.05) is 29.9 Å². The number of aliphatic imine (C=N–C) groups is 1. The van der Waals surface area contributed by atoms with Crippen LogP contribution in [-0.2, 0) is 6.42 Å². The molecule has 7 heteroatoms. The average Bonchev–Trinajstić information content (AvgIpc) is 3.05. The molecule has 0 bridgehead atoms. The van der Waals surface area contributed by atoms with E-state index >= 15 is 0 Å². The molecule has 0 atom stereocenters. The summed E-state index contributed by atoms with van der Waals surface area (Å²) in [5.74, 6) is 0.952. The third kappa shape index (κ3) is 6.15. The molecular formula is C22H40N6S. The fourth-order valence-electron chi connectivity index (χ4n) is 4.48. The van der Waals surface area contributed by atoms with Crippen molar-refractivity contribution < 1.29 is 0 Å². The molecule has 2 aliphatic rings. The average molecular weight is 421 g/mol. The van der Waals surface area contributed by atoms with Crippen molar-refractivity contribution in [2.24, 2.45) is 4.99 Å². The lowest BCUT2D eigenvalue weighted by Crippen LogP contribution is -2.58. The summed E-state index contributed by atoms with van der Waals surface area (Å²) in [6, 6.07) is 0. The van der Waals surface area contributed by atoms with Gasteiger partial charge in [0.25, 0.3) is 0 Å². The Hall–Kier alpha value is -1.18. The highest BCUT2D eigenvalue weighted by Crippen LogP contribution is 2.31. The molecule has 2 N–H and O–H groups in total. The van der Waals surface area contributed by atoms with Gasteiger partial charge in [0.15, 0.2) is 5.96 Å². The van der Waals surface area contributed by atoms with Crippen molar-refractivity contribution in [3.05, 3.63) is 15.6 Å². The van der Waals surface area contributed by atoms with Crippen molar-refractivity contribution in [2.75, 3.05) is 52.9 Å². The Morgan fingerprint density at radius 2 is 1.83 bits per heavy atom. The van der Waals surface area contributed by atoms with Crippen LogP contribution in [0.4, 0.5) is 0 Å². The van der Waals surface area contributed by atoms with Crippen LogP contribution in [0.15, 0.2) is 4.99 Å². The van der Waals surface area contributed by atoms with Crippen molar-refractivity contribution in [3.63, 3.8) is 0 Å². The summed E-state index contributed by atoms with van der Waals surface area (Å²) in [5, 5.41) is 8.20. The summed E-state index contributed by atoms with van der Waals surface area (Å²) in [6.07, 6.45) is 7.47. The summed E-state index contributed by atoms with van der Waals surface area (Å²) in [6.45, 7) is 13.9. The van der Waals surface area contributed by atoms with Crippen LogP contribution in [-0.4, -0.2) is 79.1 Å². The highest BCUT2D eigenvalue weighted by molar-refractivity contribution is 7.11. The largest absolute Gasteiger partial charge is 0.357 e. The molecule has 29 heavy (non-hydrogen) atoms. The van der Waals surface area contributed by atoms with Crippen molar-refractivity contribution in [1.29, 1.82) is 0 Å². The molecule has 6 nitrogen and oxygen atoms in total. The van der Waals surface area contributed by atoms with Gasteiger partial charge in [0.1, 0.15) is 0 Å². The van der Waals surface area contributed by atoms with Crippen LogP contribution in [0.2, 0.25) is 0 Å². The van der Waals surface area contributed by atoms with Gasteiger partial charge in [0.2, 0.25) is 0 Å². The number of guanidine groups is 1. The second-order valence-corrected chi connectivity index (χ2v) is 9.98. The predicted molar refractivity (Wildman–Crippen MR) is 124 cm³/mol. The fourth-order valence-corrected chi connectivity index (χ4v) is 5.41. The fraction of sp³-hybridized carbons (Fsp3) is 0.818. The minimum Gasteiger partial charge on any atom is -0.357 e. The van der Waals surface area contributed by atoms with Crippen molar-refractivity contribution in [3.8, 4) is 0 Å². The molecule has 1 aromatic heterocycles. The van der Waals surface area contributed by atoms with Crippen LogP contribution in [0.5, 0.6) is 0 Å². The predicted octanol–water partition coefficient (Wildman–Crippen LogP) is 2.81. The Bertz CT molecular complexity index is 637. The highest BCUT2D eigenvalue weighted by Gasteiger charge is 2.39. The van der Waals surface area contributed by atoms with Crippen molar-refractivity contribution >= 4 is 17.3 Å². The molecule has 1 aromatic rings. The first-order valence-corrected chi connectivity index (χ1v) is 12.2. The number of likely N-dealkylation sites (tertiary alicyclic amines) is 2. The molecule has 0 unspecified atom stereocenters. The molecule has 0 spiro atoms. The van der Waals surface area contributed by atoms with E-state index in [0.29, 0.717) is 0 Å². The molecule has 0 saturated carbocycles. The smallest absolute Gasteiger partial charge is 0.191 e. The Kier molecular flexibility index (Phi) is 8.33. The van der Waals surface area contributed by atoms with E-state index in [1.807, 2.05) is 11.3 Å². The molecule has 0 aliphatic carbocycles. The molecule has 2 saturated heterocycles. The number of rotatable bonds is 7. The molecule has 3 heterocycles. The monoisotopic (exact) mass is 420 g/mol. The quantitative estimate of drug-likeness (QED) is 0.525. The van der Waals surface area contributed by atoms with Gasteiger partial charge in [-0.2, -0.15) is 0 Å². The Labute approximate surface area is 181 Å². The maximum Gasteiger partial charge on any atom is 0.191 e. The third-order valence-electron chi connectivity index (χ3n) is 6.52. The van der Waals surface area contributed by atoms with E-state index < -0.39 is 0 Å². The van der Waals surface area contributed by atoms with Crippen LogP contribution >= 0.6 is 11.3 Å². The lowest BCUT2D eigenvalue weighted by molar-refractivity contribution is 0.0208. The summed E-state index contributed by atoms with van der Waals surface area (Å²) in [5.41, 5.74) is 1.40. The van der Waals surface area contributed by atoms with Crippen LogP contribution < -0.4 is 10.6 Å². The Morgan fingerprint density at radius 1 is 1.10 bits per heavy atom. The number of hydrogen-bond donors (Lipinski definition) is 2. The van der Waals surface area contributed by atoms with Gasteiger partial charge in [-0.1, -0.05) is 6.42 Å². The SMILES string of the molecule is CCNC(=NCC1(N2CCCCC2)CCN(C)CC1)NCCc1nc(C)c(C)s1. The topological polar surface area (TPSA) is 55.8 Å². The van der Waals surface area contributed by atoms with Gasteiger partial charge in [0.05, 0.1) is 17.2 Å². The number of nitrogens with zero attached hydrogens (tertiary/aromatic N) is 4. The lowest BCUT2D eigenvalue weighted by atomic mass is 9.84. The first-order valence-electron chi connectivity index (χ1n) is 11.4. The first-order chi connectivity index (χ1) is 14.0. The second-order valence-electron chi connectivity index (χ2n) is 8.70. The van der Waals surface area contributed by atoms with Gasteiger partial charge >= 0.3 is 0 Å². The number of nitrogens with one attached hydrogen (secondary N) is 2. The van der Waals surface area contributed by atoms with Crippen LogP contribution in [0.3, 0.4) is 0 Å². The summed E-state index contributed by atoms with van der Waals surface area (Å²) < 4.78 is 0. The Morgan fingerprint density at radius 3 is 2.45 bits per heavy atom. The molecular weight excluding hydrogens is 380 g/mol. The first kappa shape index (κ1) is 22.5. The molecule has 3 rings (SSSR count). The molecule has 0 aromatic carbocycles. The zero-order valence-electron chi connectivity index (χ0n) is 18.9. The molecule has 2 fully saturated rings. The zero-order chi connectivity index (χ0) is 20.7. The maximum atomic E-state index is 5.08. The van der Waals surface area contributed by atoms with Crippen molar-refractivity contribution in [2.45, 2.75) is 64.8 Å². The number of aryl methyl sites for hydroxylation is 2. The molecule has 0 amide bonds. The minimum atomic E-state index is 0.235. The number of aromatic nitrogens is 1. The van der Waals surface area contributed by atoms with E-state index in [9.17, 15) is 0 Å². The van der Waals surface area contributed by atoms with E-state index in [2.05, 4.69) is 53.2 Å². The molecule has 164 valence electrons. The van der Waals surface area contributed by atoms with E-state index in [4.69, 9.17) is 4.99 Å². The standard InChI is InChI=1S/C22H40N6S/c1-5-23-21(24-12-9-20-26-18(2)19(3)29-20)25-17-22(10-15-27(4)16-11-22)28-13-7-6-8-14-28/h5-17H2,1-4H3,(H2,23,24,25). The minimum absolute atomic E-state index is 0.235.